The van der Waals surface area contributed by atoms with Gasteiger partial charge >= 0.3 is 5.97 Å². The van der Waals surface area contributed by atoms with Gasteiger partial charge in [-0.15, -0.1) is 0 Å². The molecule has 16 heavy (non-hydrogen) atoms. The molecule has 1 unspecified atom stereocenters. The Morgan fingerprint density at radius 1 is 1.12 bits per heavy atom. The Hall–Kier alpha value is -1.65. The number of hydrogen-bond acceptors (Lipinski definition) is 3. The van der Waals surface area contributed by atoms with E-state index in [9.17, 15) is 14.4 Å². The van der Waals surface area contributed by atoms with Gasteiger partial charge in [-0.05, 0) is 19.8 Å². The molecule has 0 spiro atoms. The Labute approximate surface area is 93.7 Å². The monoisotopic (exact) mass is 225 g/mol. The van der Waals surface area contributed by atoms with Crippen LogP contribution in [0.3, 0.4) is 0 Å². The summed E-state index contributed by atoms with van der Waals surface area (Å²) in [6.07, 6.45) is 0. The van der Waals surface area contributed by atoms with Crippen molar-refractivity contribution in [3.05, 3.63) is 11.1 Å². The topological polar surface area (TPSA) is 74.7 Å². The number of aliphatic carboxylic acids is 1. The fourth-order valence-corrected chi connectivity index (χ4v) is 1.72. The number of carboxylic acid groups (broad SMARTS) is 1. The second-order valence-electron chi connectivity index (χ2n) is 4.26. The molecule has 0 saturated heterocycles. The van der Waals surface area contributed by atoms with Crippen molar-refractivity contribution in [1.29, 1.82) is 0 Å². The van der Waals surface area contributed by atoms with Crippen LogP contribution in [0.4, 0.5) is 0 Å². The summed E-state index contributed by atoms with van der Waals surface area (Å²) < 4.78 is 0. The van der Waals surface area contributed by atoms with E-state index in [0.29, 0.717) is 11.1 Å². The SMILES string of the molecule is CC1=C(C)C(=O)N(C(C(=O)O)C(C)C)C1=O. The molecule has 0 aliphatic carbocycles. The molecule has 1 heterocycles. The Morgan fingerprint density at radius 2 is 1.50 bits per heavy atom. The Bertz CT molecular complexity index is 371. The van der Waals surface area contributed by atoms with Crippen LogP contribution in [-0.4, -0.2) is 33.8 Å². The molecule has 2 amide bonds. The number of nitrogens with zero attached hydrogens (tertiary/aromatic N) is 1. The average molecular weight is 225 g/mol. The van der Waals surface area contributed by atoms with Gasteiger partial charge in [0.1, 0.15) is 6.04 Å². The van der Waals surface area contributed by atoms with E-state index in [1.54, 1.807) is 13.8 Å². The maximum absolute atomic E-state index is 11.8. The Kier molecular flexibility index (Phi) is 3.16. The zero-order valence-electron chi connectivity index (χ0n) is 9.77. The molecule has 0 aromatic heterocycles. The summed E-state index contributed by atoms with van der Waals surface area (Å²) in [5, 5.41) is 9.05. The summed E-state index contributed by atoms with van der Waals surface area (Å²) >= 11 is 0. The van der Waals surface area contributed by atoms with Crippen molar-refractivity contribution in [1.82, 2.24) is 4.90 Å². The maximum atomic E-state index is 11.8. The second kappa shape index (κ2) is 4.08. The van der Waals surface area contributed by atoms with E-state index < -0.39 is 23.8 Å². The molecule has 0 aromatic rings. The van der Waals surface area contributed by atoms with Crippen molar-refractivity contribution < 1.29 is 19.5 Å². The molecule has 1 atom stereocenters. The van der Waals surface area contributed by atoms with Crippen LogP contribution in [0.5, 0.6) is 0 Å². The predicted molar refractivity (Wildman–Crippen MR) is 56.5 cm³/mol. The van der Waals surface area contributed by atoms with E-state index in [4.69, 9.17) is 5.11 Å². The number of hydrogen-bond donors (Lipinski definition) is 1. The molecule has 0 bridgehead atoms. The van der Waals surface area contributed by atoms with E-state index in [1.807, 2.05) is 0 Å². The van der Waals surface area contributed by atoms with Gasteiger partial charge < -0.3 is 5.11 Å². The average Bonchev–Trinajstić information content (AvgIpc) is 2.34. The van der Waals surface area contributed by atoms with Crippen molar-refractivity contribution in [2.45, 2.75) is 33.7 Å². The number of imide groups is 1. The van der Waals surface area contributed by atoms with E-state index >= 15 is 0 Å². The van der Waals surface area contributed by atoms with Gasteiger partial charge in [0.25, 0.3) is 11.8 Å². The third-order valence-corrected chi connectivity index (χ3v) is 2.80. The molecule has 0 radical (unpaired) electrons. The smallest absolute Gasteiger partial charge is 0.327 e. The molecule has 1 aliphatic heterocycles. The van der Waals surface area contributed by atoms with E-state index in [-0.39, 0.29) is 5.92 Å². The number of carbonyl (C=O) groups excluding carboxylic acids is 2. The molecule has 0 fully saturated rings. The summed E-state index contributed by atoms with van der Waals surface area (Å²) in [6.45, 7) is 6.41. The summed E-state index contributed by atoms with van der Waals surface area (Å²) in [6, 6.07) is -1.09. The molecule has 1 aliphatic rings. The first kappa shape index (κ1) is 12.4. The van der Waals surface area contributed by atoms with Crippen LogP contribution < -0.4 is 0 Å². The van der Waals surface area contributed by atoms with Crippen molar-refractivity contribution >= 4 is 17.8 Å². The first-order chi connectivity index (χ1) is 7.29. The van der Waals surface area contributed by atoms with Crippen LogP contribution in [0, 0.1) is 5.92 Å². The van der Waals surface area contributed by atoms with E-state index in [2.05, 4.69) is 0 Å². The predicted octanol–water partition coefficient (Wildman–Crippen LogP) is 0.801. The fraction of sp³-hybridized carbons (Fsp3) is 0.545. The summed E-state index contributed by atoms with van der Waals surface area (Å²) in [7, 11) is 0. The summed E-state index contributed by atoms with van der Waals surface area (Å²) in [5.74, 6) is -2.46. The minimum atomic E-state index is -1.15. The molecule has 88 valence electrons. The first-order valence-corrected chi connectivity index (χ1v) is 5.07. The molecular weight excluding hydrogens is 210 g/mol. The Balaban J connectivity index is 3.13. The summed E-state index contributed by atoms with van der Waals surface area (Å²) in [5.41, 5.74) is 0.661. The second-order valence-corrected chi connectivity index (χ2v) is 4.26. The zero-order chi connectivity index (χ0) is 12.6. The van der Waals surface area contributed by atoms with Gasteiger partial charge in [0.05, 0.1) is 0 Å². The van der Waals surface area contributed by atoms with Crippen LogP contribution in [0.1, 0.15) is 27.7 Å². The number of carboxylic acids is 1. The van der Waals surface area contributed by atoms with Gasteiger partial charge in [0, 0.05) is 11.1 Å². The number of carbonyl (C=O) groups is 3. The van der Waals surface area contributed by atoms with E-state index in [0.717, 1.165) is 4.90 Å². The van der Waals surface area contributed by atoms with Crippen molar-refractivity contribution in [3.63, 3.8) is 0 Å². The van der Waals surface area contributed by atoms with Crippen molar-refractivity contribution in [2.24, 2.45) is 5.92 Å². The lowest BCUT2D eigenvalue weighted by atomic mass is 10.0. The van der Waals surface area contributed by atoms with Gasteiger partial charge in [-0.3, -0.25) is 14.5 Å². The highest BCUT2D eigenvalue weighted by Crippen LogP contribution is 2.25. The van der Waals surface area contributed by atoms with Crippen LogP contribution in [-0.2, 0) is 14.4 Å². The highest BCUT2D eigenvalue weighted by molar-refractivity contribution is 6.20. The lowest BCUT2D eigenvalue weighted by molar-refractivity contribution is -0.155. The van der Waals surface area contributed by atoms with Crippen LogP contribution in [0.25, 0.3) is 0 Å². The number of rotatable bonds is 3. The van der Waals surface area contributed by atoms with Crippen LogP contribution in [0.2, 0.25) is 0 Å². The summed E-state index contributed by atoms with van der Waals surface area (Å²) in [4.78, 5) is 35.4. The van der Waals surface area contributed by atoms with Gasteiger partial charge in [0.15, 0.2) is 0 Å². The van der Waals surface area contributed by atoms with Gasteiger partial charge in [-0.1, -0.05) is 13.8 Å². The molecular formula is C11H15NO4. The van der Waals surface area contributed by atoms with E-state index in [1.165, 1.54) is 13.8 Å². The Morgan fingerprint density at radius 3 is 1.75 bits per heavy atom. The molecule has 0 aromatic carbocycles. The lowest BCUT2D eigenvalue weighted by Crippen LogP contribution is -2.48. The van der Waals surface area contributed by atoms with Gasteiger partial charge in [-0.25, -0.2) is 4.79 Å². The normalized spacial score (nSPS) is 18.7. The standard InChI is InChI=1S/C11H15NO4/c1-5(2)8(11(15)16)12-9(13)6(3)7(4)10(12)14/h5,8H,1-4H3,(H,15,16). The largest absolute Gasteiger partial charge is 0.480 e. The minimum absolute atomic E-state index is 0.316. The molecule has 5 nitrogen and oxygen atoms in total. The van der Waals surface area contributed by atoms with Crippen molar-refractivity contribution in [3.8, 4) is 0 Å². The van der Waals surface area contributed by atoms with Crippen LogP contribution >= 0.6 is 0 Å². The molecule has 0 saturated carbocycles. The lowest BCUT2D eigenvalue weighted by Gasteiger charge is -2.26. The quantitative estimate of drug-likeness (QED) is 0.721. The maximum Gasteiger partial charge on any atom is 0.327 e. The highest BCUT2D eigenvalue weighted by atomic mass is 16.4. The molecule has 1 N–H and O–H groups in total. The third-order valence-electron chi connectivity index (χ3n) is 2.80. The minimum Gasteiger partial charge on any atom is -0.480 e. The van der Waals surface area contributed by atoms with Gasteiger partial charge in [-0.2, -0.15) is 0 Å². The first-order valence-electron chi connectivity index (χ1n) is 5.07. The fourth-order valence-electron chi connectivity index (χ4n) is 1.72. The number of amides is 2. The van der Waals surface area contributed by atoms with Crippen molar-refractivity contribution in [2.75, 3.05) is 0 Å². The third kappa shape index (κ3) is 1.73. The molecule has 5 heteroatoms. The van der Waals surface area contributed by atoms with Crippen LogP contribution in [0.15, 0.2) is 11.1 Å². The van der Waals surface area contributed by atoms with Gasteiger partial charge in [0.2, 0.25) is 0 Å². The molecule has 1 rings (SSSR count). The highest BCUT2D eigenvalue weighted by Gasteiger charge is 2.42. The zero-order valence-corrected chi connectivity index (χ0v) is 9.77.